The standard InChI is InChI=1S/C30H35N5O5S2/c1-20-7-6-15-35(17-20)42(39,40)24-12-10-23(11-13-24)28(37)31-30-27(29(38)33-32-21(2)36)25-14-16-34(19-26(25)41-30)18-22-8-4-3-5-9-22/h3-5,8-13,20H,6-7,14-19H2,1-2H3,(H,31,37)(H,32,36)(H,33,38). The minimum absolute atomic E-state index is 0.147. The molecule has 3 amide bonds. The molecule has 0 bridgehead atoms. The van der Waals surface area contributed by atoms with Gasteiger partial charge in [-0.15, -0.1) is 11.3 Å². The van der Waals surface area contributed by atoms with Crippen molar-refractivity contribution in [2.45, 2.75) is 51.1 Å². The van der Waals surface area contributed by atoms with Gasteiger partial charge in [-0.2, -0.15) is 4.31 Å². The number of fused-ring (bicyclic) bond motifs is 1. The molecule has 2 aromatic carbocycles. The van der Waals surface area contributed by atoms with Crippen LogP contribution in [-0.2, 0) is 34.3 Å². The van der Waals surface area contributed by atoms with Crippen molar-refractivity contribution in [3.63, 3.8) is 0 Å². The molecule has 3 aromatic rings. The fourth-order valence-corrected chi connectivity index (χ4v) is 8.32. The summed E-state index contributed by atoms with van der Waals surface area (Å²) in [6, 6.07) is 16.0. The lowest BCUT2D eigenvalue weighted by molar-refractivity contribution is -0.119. The van der Waals surface area contributed by atoms with E-state index in [0.717, 1.165) is 36.4 Å². The second-order valence-corrected chi connectivity index (χ2v) is 13.9. The van der Waals surface area contributed by atoms with E-state index < -0.39 is 27.7 Å². The SMILES string of the molecule is CC(=O)NNC(=O)c1c(NC(=O)c2ccc(S(=O)(=O)N3CCCC(C)C3)cc2)sc2c1CCN(Cc1ccccc1)C2. The summed E-state index contributed by atoms with van der Waals surface area (Å²) < 4.78 is 27.8. The van der Waals surface area contributed by atoms with Crippen LogP contribution in [0.25, 0.3) is 0 Å². The summed E-state index contributed by atoms with van der Waals surface area (Å²) in [7, 11) is -3.65. The number of amides is 3. The van der Waals surface area contributed by atoms with Crippen LogP contribution in [0.2, 0.25) is 0 Å². The Morgan fingerprint density at radius 2 is 1.71 bits per heavy atom. The lowest BCUT2D eigenvalue weighted by atomic mass is 10.0. The van der Waals surface area contributed by atoms with Crippen molar-refractivity contribution in [2.75, 3.05) is 25.0 Å². The average molecular weight is 610 g/mol. The molecule has 1 unspecified atom stereocenters. The van der Waals surface area contributed by atoms with E-state index in [4.69, 9.17) is 0 Å². The van der Waals surface area contributed by atoms with Crippen LogP contribution in [0.1, 0.15) is 63.4 Å². The van der Waals surface area contributed by atoms with Crippen molar-refractivity contribution < 1.29 is 22.8 Å². The monoisotopic (exact) mass is 609 g/mol. The van der Waals surface area contributed by atoms with Crippen LogP contribution in [0.3, 0.4) is 0 Å². The van der Waals surface area contributed by atoms with Gasteiger partial charge in [-0.3, -0.25) is 30.1 Å². The molecule has 0 radical (unpaired) electrons. The van der Waals surface area contributed by atoms with Crippen LogP contribution in [0.4, 0.5) is 5.00 Å². The van der Waals surface area contributed by atoms with E-state index in [-0.39, 0.29) is 10.5 Å². The predicted octanol–water partition coefficient (Wildman–Crippen LogP) is 3.76. The second-order valence-electron chi connectivity index (χ2n) is 10.9. The Morgan fingerprint density at radius 1 is 0.976 bits per heavy atom. The van der Waals surface area contributed by atoms with E-state index in [9.17, 15) is 22.8 Å². The second kappa shape index (κ2) is 12.7. The minimum Gasteiger partial charge on any atom is -0.313 e. The maximum absolute atomic E-state index is 13.3. The number of sulfonamides is 1. The van der Waals surface area contributed by atoms with Crippen LogP contribution in [0, 0.1) is 5.92 Å². The lowest BCUT2D eigenvalue weighted by Gasteiger charge is -2.30. The number of piperidine rings is 1. The van der Waals surface area contributed by atoms with Gasteiger partial charge in [-0.1, -0.05) is 37.3 Å². The number of hydrazine groups is 1. The van der Waals surface area contributed by atoms with E-state index in [0.29, 0.717) is 42.5 Å². The third-order valence-corrected chi connectivity index (χ3v) is 10.6. The van der Waals surface area contributed by atoms with E-state index in [1.165, 1.54) is 52.4 Å². The first-order chi connectivity index (χ1) is 20.1. The smallest absolute Gasteiger partial charge is 0.272 e. The van der Waals surface area contributed by atoms with Crippen molar-refractivity contribution in [1.82, 2.24) is 20.1 Å². The Bertz CT molecular complexity index is 1570. The number of benzene rings is 2. The summed E-state index contributed by atoms with van der Waals surface area (Å²) in [5.74, 6) is -1.08. The highest BCUT2D eigenvalue weighted by Crippen LogP contribution is 2.38. The number of hydrogen-bond acceptors (Lipinski definition) is 7. The van der Waals surface area contributed by atoms with Crippen LogP contribution in [0.15, 0.2) is 59.5 Å². The number of hydrogen-bond donors (Lipinski definition) is 3. The van der Waals surface area contributed by atoms with Gasteiger partial charge in [-0.05, 0) is 60.6 Å². The topological polar surface area (TPSA) is 128 Å². The van der Waals surface area contributed by atoms with Crippen molar-refractivity contribution in [1.29, 1.82) is 0 Å². The molecule has 2 aliphatic heterocycles. The average Bonchev–Trinajstić information content (AvgIpc) is 3.33. The third kappa shape index (κ3) is 6.73. The largest absolute Gasteiger partial charge is 0.313 e. The number of carbonyl (C=O) groups is 3. The first kappa shape index (κ1) is 29.9. The van der Waals surface area contributed by atoms with E-state index in [1.54, 1.807) is 0 Å². The molecular formula is C30H35N5O5S2. The molecule has 1 aromatic heterocycles. The Hall–Kier alpha value is -3.58. The van der Waals surface area contributed by atoms with Crippen molar-refractivity contribution in [2.24, 2.45) is 5.92 Å². The number of anilines is 1. The molecular weight excluding hydrogens is 574 g/mol. The van der Waals surface area contributed by atoms with Crippen molar-refractivity contribution in [3.8, 4) is 0 Å². The van der Waals surface area contributed by atoms with Crippen LogP contribution >= 0.6 is 11.3 Å². The number of thiophene rings is 1. The van der Waals surface area contributed by atoms with E-state index in [2.05, 4.69) is 33.2 Å². The first-order valence-corrected chi connectivity index (χ1v) is 16.3. The van der Waals surface area contributed by atoms with Gasteiger partial charge in [0.25, 0.3) is 11.8 Å². The summed E-state index contributed by atoms with van der Waals surface area (Å²) in [5.41, 5.74) is 7.39. The number of nitrogens with one attached hydrogen (secondary N) is 3. The Morgan fingerprint density at radius 3 is 2.40 bits per heavy atom. The van der Waals surface area contributed by atoms with Crippen molar-refractivity contribution in [3.05, 3.63) is 81.7 Å². The summed E-state index contributed by atoms with van der Waals surface area (Å²) in [5, 5.41) is 3.25. The van der Waals surface area contributed by atoms with Crippen LogP contribution in [0.5, 0.6) is 0 Å². The summed E-state index contributed by atoms with van der Waals surface area (Å²) >= 11 is 1.34. The minimum atomic E-state index is -3.65. The van der Waals surface area contributed by atoms with Crippen LogP contribution in [-0.4, -0.2) is 55.0 Å². The van der Waals surface area contributed by atoms with Gasteiger partial charge in [0.05, 0.1) is 10.5 Å². The molecule has 0 saturated carbocycles. The Balaban J connectivity index is 1.35. The molecule has 10 nitrogen and oxygen atoms in total. The predicted molar refractivity (Wildman–Crippen MR) is 161 cm³/mol. The summed E-state index contributed by atoms with van der Waals surface area (Å²) in [4.78, 5) is 41.3. The van der Waals surface area contributed by atoms with Gasteiger partial charge < -0.3 is 5.32 Å². The third-order valence-electron chi connectivity index (χ3n) is 7.57. The molecule has 42 heavy (non-hydrogen) atoms. The van der Waals surface area contributed by atoms with E-state index >= 15 is 0 Å². The Kier molecular flexibility index (Phi) is 9.07. The maximum Gasteiger partial charge on any atom is 0.272 e. The molecule has 1 fully saturated rings. The highest BCUT2D eigenvalue weighted by Gasteiger charge is 2.31. The normalized spacial score (nSPS) is 17.7. The van der Waals surface area contributed by atoms with Gasteiger partial charge in [0, 0.05) is 50.1 Å². The lowest BCUT2D eigenvalue weighted by Crippen LogP contribution is -2.41. The Labute approximate surface area is 250 Å². The summed E-state index contributed by atoms with van der Waals surface area (Å²) in [6.45, 7) is 6.43. The maximum atomic E-state index is 13.3. The molecule has 222 valence electrons. The van der Waals surface area contributed by atoms with Gasteiger partial charge >= 0.3 is 0 Å². The summed E-state index contributed by atoms with van der Waals surface area (Å²) in [6.07, 6.45) is 2.44. The zero-order valence-corrected chi connectivity index (χ0v) is 25.3. The molecule has 1 atom stereocenters. The molecule has 2 aliphatic rings. The van der Waals surface area contributed by atoms with Crippen molar-refractivity contribution >= 4 is 44.1 Å². The molecule has 12 heteroatoms. The van der Waals surface area contributed by atoms with Gasteiger partial charge in [0.1, 0.15) is 5.00 Å². The molecule has 1 saturated heterocycles. The van der Waals surface area contributed by atoms with Gasteiger partial charge in [-0.25, -0.2) is 8.42 Å². The van der Waals surface area contributed by atoms with Gasteiger partial charge in [0.2, 0.25) is 15.9 Å². The fraction of sp³-hybridized carbons (Fsp3) is 0.367. The molecule has 3 N–H and O–H groups in total. The molecule has 3 heterocycles. The molecule has 0 spiro atoms. The van der Waals surface area contributed by atoms with E-state index in [1.807, 2.05) is 25.1 Å². The number of nitrogens with zero attached hydrogens (tertiary/aromatic N) is 2. The highest BCUT2D eigenvalue weighted by molar-refractivity contribution is 7.89. The highest BCUT2D eigenvalue weighted by atomic mass is 32.2. The number of rotatable bonds is 7. The first-order valence-electron chi connectivity index (χ1n) is 14.0. The zero-order chi connectivity index (χ0) is 29.9. The fourth-order valence-electron chi connectivity index (χ4n) is 5.44. The molecule has 0 aliphatic carbocycles. The number of carbonyl (C=O) groups excluding carboxylic acids is 3. The molecule has 5 rings (SSSR count). The van der Waals surface area contributed by atoms with Crippen LogP contribution < -0.4 is 16.2 Å². The van der Waals surface area contributed by atoms with Gasteiger partial charge in [0.15, 0.2) is 0 Å². The quantitative estimate of drug-likeness (QED) is 0.350. The zero-order valence-electron chi connectivity index (χ0n) is 23.7.